The van der Waals surface area contributed by atoms with E-state index in [0.29, 0.717) is 6.42 Å². The summed E-state index contributed by atoms with van der Waals surface area (Å²) in [7, 11) is -4.76. The maximum atomic E-state index is 12.6. The van der Waals surface area contributed by atoms with Crippen molar-refractivity contribution in [3.63, 3.8) is 0 Å². The van der Waals surface area contributed by atoms with Crippen molar-refractivity contribution >= 4 is 19.8 Å². The van der Waals surface area contributed by atoms with E-state index in [0.717, 1.165) is 32.1 Å². The van der Waals surface area contributed by atoms with Gasteiger partial charge in [-0.2, -0.15) is 0 Å². The minimum atomic E-state index is -4.76. The number of unbranched alkanes of at least 4 members (excludes halogenated alkanes) is 60. The van der Waals surface area contributed by atoms with Crippen molar-refractivity contribution in [1.82, 2.24) is 0 Å². The van der Waals surface area contributed by atoms with Gasteiger partial charge in [-0.05, 0) is 12.8 Å². The molecule has 8 nitrogen and oxygen atoms in total. The Morgan fingerprint density at radius 2 is 0.450 bits per heavy atom. The molecule has 0 aromatic carbocycles. The summed E-state index contributed by atoms with van der Waals surface area (Å²) < 4.78 is 26.8. The van der Waals surface area contributed by atoms with E-state index >= 15 is 0 Å². The molecule has 0 aliphatic rings. The average Bonchev–Trinajstić information content (AvgIpc) is 3.44. The highest BCUT2D eigenvalue weighted by Gasteiger charge is 2.23. The van der Waals surface area contributed by atoms with Crippen molar-refractivity contribution in [3.8, 4) is 0 Å². The second-order valence-electron chi connectivity index (χ2n) is 25.3. The molecular weight excluding hydrogens is 1010 g/mol. The van der Waals surface area contributed by atoms with E-state index in [2.05, 4.69) is 18.4 Å². The number of rotatable bonds is 70. The Hall–Kier alpha value is -0.950. The van der Waals surface area contributed by atoms with E-state index in [1.165, 1.54) is 360 Å². The molecule has 0 saturated heterocycles. The van der Waals surface area contributed by atoms with Gasteiger partial charge in [0, 0.05) is 12.8 Å². The molecule has 0 aliphatic heterocycles. The number of ether oxygens (including phenoxy) is 2. The molecule has 0 fully saturated rings. The lowest BCUT2D eigenvalue weighted by atomic mass is 10.0. The largest absolute Gasteiger partial charge is 0.469 e. The van der Waals surface area contributed by atoms with Crippen LogP contribution in [0.1, 0.15) is 425 Å². The van der Waals surface area contributed by atoms with Crippen LogP contribution in [0.25, 0.3) is 0 Å². The Kier molecular flexibility index (Phi) is 66.4. The Labute approximate surface area is 499 Å². The first-order chi connectivity index (χ1) is 39.3. The molecule has 0 aromatic heterocycles. The summed E-state index contributed by atoms with van der Waals surface area (Å²) in [4.78, 5) is 43.5. The Morgan fingerprint density at radius 3 is 0.637 bits per heavy atom. The van der Waals surface area contributed by atoms with Gasteiger partial charge in [-0.3, -0.25) is 14.1 Å². The number of carbonyl (C=O) groups excluding carboxylic acids is 2. The highest BCUT2D eigenvalue weighted by Crippen LogP contribution is 2.36. The average molecular weight is 1150 g/mol. The van der Waals surface area contributed by atoms with E-state index in [1.807, 2.05) is 0 Å². The van der Waals surface area contributed by atoms with Crippen LogP contribution >= 0.6 is 7.82 Å². The van der Waals surface area contributed by atoms with Gasteiger partial charge >= 0.3 is 19.8 Å². The molecule has 9 heteroatoms. The molecule has 0 bridgehead atoms. The summed E-state index contributed by atoms with van der Waals surface area (Å²) in [5.74, 6) is -0.851. The van der Waals surface area contributed by atoms with E-state index < -0.39 is 26.5 Å². The molecule has 0 spiro atoms. The molecule has 0 amide bonds. The van der Waals surface area contributed by atoms with Crippen LogP contribution in [0, 0.1) is 0 Å². The second kappa shape index (κ2) is 67.2. The third kappa shape index (κ3) is 69.5. The second-order valence-corrected chi connectivity index (χ2v) is 26.5. The maximum absolute atomic E-state index is 12.6. The molecule has 2 N–H and O–H groups in total. The highest BCUT2D eigenvalue weighted by atomic mass is 31.2. The predicted molar refractivity (Wildman–Crippen MR) is 346 cm³/mol. The molecule has 0 rings (SSSR count). The topological polar surface area (TPSA) is 119 Å². The lowest BCUT2D eigenvalue weighted by Crippen LogP contribution is -2.29. The molecule has 80 heavy (non-hydrogen) atoms. The number of phosphoric acid groups is 1. The molecular formula is C71H141O8P. The van der Waals surface area contributed by atoms with Crippen molar-refractivity contribution in [2.75, 3.05) is 13.2 Å². The number of esters is 2. The van der Waals surface area contributed by atoms with Gasteiger partial charge in [0.15, 0.2) is 6.10 Å². The summed E-state index contributed by atoms with van der Waals surface area (Å²) in [6, 6.07) is 0. The molecule has 0 aliphatic carbocycles. The van der Waals surface area contributed by atoms with Gasteiger partial charge in [0.05, 0.1) is 6.61 Å². The molecule has 0 saturated carbocycles. The zero-order valence-electron chi connectivity index (χ0n) is 54.0. The van der Waals surface area contributed by atoms with Crippen LogP contribution in [-0.4, -0.2) is 41.0 Å². The number of carbonyl (C=O) groups is 2. The molecule has 478 valence electrons. The van der Waals surface area contributed by atoms with Crippen LogP contribution in [0.5, 0.6) is 0 Å². The first kappa shape index (κ1) is 79.0. The smallest absolute Gasteiger partial charge is 0.462 e. The fourth-order valence-corrected chi connectivity index (χ4v) is 12.1. The van der Waals surface area contributed by atoms with Gasteiger partial charge in [0.25, 0.3) is 0 Å². The molecule has 1 atom stereocenters. The SMILES string of the molecule is CCCCCCCCCCCCCCCCCCCCCCCCCCCCCCCCCC(=O)OC[C@H](COP(=O)(O)O)OC(=O)CCCCCCCCCCCCCCCCCCCCCCCCCCCCCCCCC. The van der Waals surface area contributed by atoms with E-state index in [9.17, 15) is 23.9 Å². The number of phosphoric ester groups is 1. The molecule has 0 unspecified atom stereocenters. The third-order valence-electron chi connectivity index (χ3n) is 17.1. The van der Waals surface area contributed by atoms with Crippen molar-refractivity contribution < 1.29 is 37.9 Å². The van der Waals surface area contributed by atoms with E-state index in [4.69, 9.17) is 9.47 Å². The van der Waals surface area contributed by atoms with Gasteiger partial charge in [0.2, 0.25) is 0 Å². The van der Waals surface area contributed by atoms with Crippen LogP contribution in [0.15, 0.2) is 0 Å². The quantitative estimate of drug-likeness (QED) is 0.0351. The monoisotopic (exact) mass is 1150 g/mol. The summed E-state index contributed by atoms with van der Waals surface area (Å²) in [5, 5.41) is 0. The fraction of sp³-hybridized carbons (Fsp3) is 0.972. The summed E-state index contributed by atoms with van der Waals surface area (Å²) >= 11 is 0. The van der Waals surface area contributed by atoms with Crippen LogP contribution in [0.2, 0.25) is 0 Å². The Morgan fingerprint density at radius 1 is 0.275 bits per heavy atom. The highest BCUT2D eigenvalue weighted by molar-refractivity contribution is 7.46. The van der Waals surface area contributed by atoms with Gasteiger partial charge in [0.1, 0.15) is 6.61 Å². The normalized spacial score (nSPS) is 12.2. The van der Waals surface area contributed by atoms with Crippen LogP contribution in [-0.2, 0) is 28.2 Å². The summed E-state index contributed by atoms with van der Waals surface area (Å²) in [6.07, 6.45) is 83.5. The lowest BCUT2D eigenvalue weighted by Gasteiger charge is -2.18. The Bertz CT molecular complexity index is 1260. The van der Waals surface area contributed by atoms with Gasteiger partial charge in [-0.15, -0.1) is 0 Å². The van der Waals surface area contributed by atoms with Gasteiger partial charge in [-0.25, -0.2) is 4.57 Å². The molecule has 0 radical (unpaired) electrons. The van der Waals surface area contributed by atoms with Gasteiger partial charge in [-0.1, -0.05) is 399 Å². The first-order valence-electron chi connectivity index (χ1n) is 36.3. The first-order valence-corrected chi connectivity index (χ1v) is 37.9. The zero-order valence-corrected chi connectivity index (χ0v) is 54.9. The molecule has 0 heterocycles. The van der Waals surface area contributed by atoms with E-state index in [1.54, 1.807) is 0 Å². The number of hydrogen-bond acceptors (Lipinski definition) is 6. The van der Waals surface area contributed by atoms with Crippen molar-refractivity contribution in [3.05, 3.63) is 0 Å². The molecule has 0 aromatic rings. The van der Waals surface area contributed by atoms with Crippen molar-refractivity contribution in [2.45, 2.75) is 431 Å². The standard InChI is InChI=1S/C71H141O8P/c1-3-5-7-9-11-13-15-17-19-21-23-25-27-29-31-33-35-37-39-41-43-45-47-49-51-53-55-57-59-61-63-65-70(72)77-67-69(68-78-80(74,75)76)79-71(73)66-64-62-60-58-56-54-52-50-48-46-44-42-40-38-36-34-32-30-28-26-24-22-20-18-16-14-12-10-8-6-4-2/h69H,3-68H2,1-2H3,(H2,74,75,76)/t69-/m1/s1. The zero-order chi connectivity index (χ0) is 58.0. The fourth-order valence-electron chi connectivity index (χ4n) is 11.7. The lowest BCUT2D eigenvalue weighted by molar-refractivity contribution is -0.161. The maximum Gasteiger partial charge on any atom is 0.469 e. The summed E-state index contributed by atoms with van der Waals surface area (Å²) in [6.45, 7) is 3.80. The van der Waals surface area contributed by atoms with Crippen LogP contribution < -0.4 is 0 Å². The minimum Gasteiger partial charge on any atom is -0.462 e. The Balaban J connectivity index is 3.59. The summed E-state index contributed by atoms with van der Waals surface area (Å²) in [5.41, 5.74) is 0. The van der Waals surface area contributed by atoms with Crippen LogP contribution in [0.3, 0.4) is 0 Å². The van der Waals surface area contributed by atoms with Crippen molar-refractivity contribution in [1.29, 1.82) is 0 Å². The minimum absolute atomic E-state index is 0.222. The van der Waals surface area contributed by atoms with Crippen molar-refractivity contribution in [2.24, 2.45) is 0 Å². The van der Waals surface area contributed by atoms with Gasteiger partial charge < -0.3 is 19.3 Å². The van der Waals surface area contributed by atoms with E-state index in [-0.39, 0.29) is 25.4 Å². The number of hydrogen-bond donors (Lipinski definition) is 2. The predicted octanol–water partition coefficient (Wildman–Crippen LogP) is 24.6. The van der Waals surface area contributed by atoms with Crippen LogP contribution in [0.4, 0.5) is 0 Å². The third-order valence-corrected chi connectivity index (χ3v) is 17.6.